The van der Waals surface area contributed by atoms with E-state index in [1.54, 1.807) is 0 Å². The second-order valence-electron chi connectivity index (χ2n) is 7.75. The number of hydrogen-bond acceptors (Lipinski definition) is 8. The van der Waals surface area contributed by atoms with Crippen molar-refractivity contribution >= 4 is 108 Å². The van der Waals surface area contributed by atoms with Crippen LogP contribution >= 0.6 is 68.4 Å². The molecule has 7 heterocycles. The summed E-state index contributed by atoms with van der Waals surface area (Å²) in [7, 11) is 0. The van der Waals surface area contributed by atoms with Crippen LogP contribution in [0.2, 0.25) is 0 Å². The molecule has 6 aromatic heterocycles. The molecule has 1 aliphatic heterocycles. The molecule has 0 amide bonds. The Kier molecular flexibility index (Phi) is 3.98. The molecule has 1 aliphatic rings. The molecule has 0 saturated carbocycles. The van der Waals surface area contributed by atoms with Crippen LogP contribution in [0.3, 0.4) is 0 Å². The first-order valence-electron chi connectivity index (χ1n) is 10.1. The SMILES string of the molecule is c1ccc2nc(C3Cc4sc5ccsc5c4S3)c(-c3cc4sc5ccsc5c4s3)nc2c1. The first-order chi connectivity index (χ1) is 15.8. The fourth-order valence-corrected chi connectivity index (χ4v) is 12.4. The number of rotatable bonds is 2. The molecule has 1 aromatic carbocycles. The molecule has 0 N–H and O–H groups in total. The molecular weight excluding hydrogens is 509 g/mol. The maximum Gasteiger partial charge on any atom is 0.104 e. The van der Waals surface area contributed by atoms with Gasteiger partial charge in [-0.2, -0.15) is 0 Å². The van der Waals surface area contributed by atoms with Crippen LogP contribution in [0.5, 0.6) is 0 Å². The first kappa shape index (κ1) is 18.6. The third-order valence-corrected chi connectivity index (χ3v) is 13.3. The Morgan fingerprint density at radius 3 is 2.41 bits per heavy atom. The number of thioether (sulfide) groups is 1. The van der Waals surface area contributed by atoms with E-state index in [0.29, 0.717) is 5.25 Å². The Hall–Kier alpha value is -1.81. The van der Waals surface area contributed by atoms with E-state index in [9.17, 15) is 0 Å². The summed E-state index contributed by atoms with van der Waals surface area (Å²) in [5.74, 6) is 0. The molecule has 7 aromatic rings. The second kappa shape index (κ2) is 6.85. The van der Waals surface area contributed by atoms with Gasteiger partial charge in [-0.1, -0.05) is 12.1 Å². The number of fused-ring (bicyclic) bond motifs is 7. The van der Waals surface area contributed by atoms with Gasteiger partial charge in [-0.3, -0.25) is 0 Å². The topological polar surface area (TPSA) is 25.8 Å². The van der Waals surface area contributed by atoms with Crippen molar-refractivity contribution in [3.63, 3.8) is 0 Å². The molecule has 0 saturated heterocycles. The van der Waals surface area contributed by atoms with E-state index in [1.165, 1.54) is 42.8 Å². The molecule has 154 valence electrons. The summed E-state index contributed by atoms with van der Waals surface area (Å²) in [4.78, 5) is 14.6. The lowest BCUT2D eigenvalue weighted by atomic mass is 10.1. The number of benzene rings is 1. The van der Waals surface area contributed by atoms with Crippen molar-refractivity contribution in [2.24, 2.45) is 0 Å². The van der Waals surface area contributed by atoms with Crippen LogP contribution in [0.25, 0.3) is 49.8 Å². The summed E-state index contributed by atoms with van der Waals surface area (Å²) < 4.78 is 8.44. The highest BCUT2D eigenvalue weighted by Gasteiger charge is 2.32. The van der Waals surface area contributed by atoms with E-state index in [0.717, 1.165) is 28.8 Å². The number of hydrogen-bond donors (Lipinski definition) is 0. The van der Waals surface area contributed by atoms with E-state index in [4.69, 9.17) is 9.97 Å². The first-order valence-corrected chi connectivity index (χ1v) is 15.2. The van der Waals surface area contributed by atoms with Crippen LogP contribution < -0.4 is 0 Å². The molecule has 8 rings (SSSR count). The van der Waals surface area contributed by atoms with E-state index in [2.05, 4.69) is 53.2 Å². The third kappa shape index (κ3) is 2.62. The van der Waals surface area contributed by atoms with Gasteiger partial charge in [-0.15, -0.1) is 68.4 Å². The van der Waals surface area contributed by atoms with Crippen molar-refractivity contribution < 1.29 is 0 Å². The lowest BCUT2D eigenvalue weighted by Crippen LogP contribution is -2.02. The van der Waals surface area contributed by atoms with Gasteiger partial charge < -0.3 is 0 Å². The summed E-state index contributed by atoms with van der Waals surface area (Å²) in [5.41, 5.74) is 4.17. The van der Waals surface area contributed by atoms with Crippen LogP contribution in [-0.2, 0) is 6.42 Å². The Morgan fingerprint density at radius 2 is 1.53 bits per heavy atom. The summed E-state index contributed by atoms with van der Waals surface area (Å²) in [5, 5.41) is 4.72. The Bertz CT molecular complexity index is 1810. The van der Waals surface area contributed by atoms with Crippen molar-refractivity contribution in [3.8, 4) is 10.6 Å². The van der Waals surface area contributed by atoms with Gasteiger partial charge >= 0.3 is 0 Å². The number of thiophene rings is 5. The van der Waals surface area contributed by atoms with E-state index < -0.39 is 0 Å². The van der Waals surface area contributed by atoms with Crippen LogP contribution in [0.15, 0.2) is 58.1 Å². The highest BCUT2D eigenvalue weighted by molar-refractivity contribution is 8.00. The number of para-hydroxylation sites is 2. The average molecular weight is 521 g/mol. The summed E-state index contributed by atoms with van der Waals surface area (Å²) in [6.45, 7) is 0. The molecule has 0 bridgehead atoms. The zero-order chi connectivity index (χ0) is 20.8. The highest BCUT2D eigenvalue weighted by atomic mass is 32.2. The van der Waals surface area contributed by atoms with Gasteiger partial charge in [0, 0.05) is 30.3 Å². The highest BCUT2D eigenvalue weighted by Crippen LogP contribution is 2.55. The van der Waals surface area contributed by atoms with Gasteiger partial charge in [0.05, 0.1) is 41.0 Å². The van der Waals surface area contributed by atoms with Gasteiger partial charge in [0.1, 0.15) is 5.69 Å². The monoisotopic (exact) mass is 520 g/mol. The maximum atomic E-state index is 5.21. The van der Waals surface area contributed by atoms with Crippen LogP contribution in [0, 0.1) is 0 Å². The van der Waals surface area contributed by atoms with Crippen LogP contribution in [0.4, 0.5) is 0 Å². The molecule has 1 unspecified atom stereocenters. The minimum absolute atomic E-state index is 0.316. The second-order valence-corrected chi connectivity index (χ2v) is 14.1. The fraction of sp³-hybridized carbons (Fsp3) is 0.0833. The largest absolute Gasteiger partial charge is 0.248 e. The van der Waals surface area contributed by atoms with Gasteiger partial charge in [0.25, 0.3) is 0 Å². The van der Waals surface area contributed by atoms with Gasteiger partial charge in [0.15, 0.2) is 0 Å². The summed E-state index contributed by atoms with van der Waals surface area (Å²) in [6, 6.07) is 15.1. The zero-order valence-electron chi connectivity index (χ0n) is 16.3. The molecule has 8 heteroatoms. The molecule has 0 radical (unpaired) electrons. The smallest absolute Gasteiger partial charge is 0.104 e. The van der Waals surface area contributed by atoms with Crippen LogP contribution in [-0.4, -0.2) is 9.97 Å². The Labute approximate surface area is 207 Å². The molecule has 0 spiro atoms. The van der Waals surface area contributed by atoms with Crippen molar-refractivity contribution in [3.05, 3.63) is 63.8 Å². The van der Waals surface area contributed by atoms with Crippen molar-refractivity contribution in [2.45, 2.75) is 16.6 Å². The zero-order valence-corrected chi connectivity index (χ0v) is 21.2. The van der Waals surface area contributed by atoms with Crippen molar-refractivity contribution in [1.82, 2.24) is 9.97 Å². The molecular formula is C24H12N2S6. The molecule has 32 heavy (non-hydrogen) atoms. The predicted octanol–water partition coefficient (Wildman–Crippen LogP) is 9.45. The Balaban J connectivity index is 1.33. The summed E-state index contributed by atoms with van der Waals surface area (Å²) >= 11 is 11.4. The fourth-order valence-electron chi connectivity index (χ4n) is 4.41. The number of nitrogens with zero attached hydrogens (tertiary/aromatic N) is 2. The average Bonchev–Trinajstić information content (AvgIpc) is 3.59. The lowest BCUT2D eigenvalue weighted by molar-refractivity contribution is 0.922. The Morgan fingerprint density at radius 1 is 0.750 bits per heavy atom. The lowest BCUT2D eigenvalue weighted by Gasteiger charge is -2.14. The van der Waals surface area contributed by atoms with Gasteiger partial charge in [0.2, 0.25) is 0 Å². The number of aromatic nitrogens is 2. The van der Waals surface area contributed by atoms with E-state index >= 15 is 0 Å². The van der Waals surface area contributed by atoms with E-state index in [1.807, 2.05) is 68.4 Å². The summed E-state index contributed by atoms with van der Waals surface area (Å²) in [6.07, 6.45) is 1.04. The molecule has 0 fully saturated rings. The third-order valence-electron chi connectivity index (χ3n) is 5.84. The van der Waals surface area contributed by atoms with Crippen molar-refractivity contribution in [2.75, 3.05) is 0 Å². The maximum absolute atomic E-state index is 5.21. The van der Waals surface area contributed by atoms with Gasteiger partial charge in [-0.25, -0.2) is 9.97 Å². The molecule has 1 atom stereocenters. The predicted molar refractivity (Wildman–Crippen MR) is 146 cm³/mol. The minimum Gasteiger partial charge on any atom is -0.248 e. The molecule has 0 aliphatic carbocycles. The normalized spacial score (nSPS) is 16.2. The van der Waals surface area contributed by atoms with Crippen molar-refractivity contribution in [1.29, 1.82) is 0 Å². The quantitative estimate of drug-likeness (QED) is 0.227. The van der Waals surface area contributed by atoms with E-state index in [-0.39, 0.29) is 0 Å². The molecule has 2 nitrogen and oxygen atoms in total. The van der Waals surface area contributed by atoms with Crippen LogP contribution in [0.1, 0.15) is 15.8 Å². The standard InChI is InChI=1S/C24H12N2S6/c1-2-4-12-11(3-1)25-19(15-9-17-23(31-15)21-13(29-17)5-7-27-21)20(26-12)16-10-18-24(32-16)22-14(30-18)6-8-28-22/h1-9,16H,10H2. The van der Waals surface area contributed by atoms with Gasteiger partial charge in [-0.05, 0) is 41.1 Å². The minimum atomic E-state index is 0.316.